The molecule has 0 aliphatic carbocycles. The van der Waals surface area contributed by atoms with E-state index in [1.165, 1.54) is 6.07 Å². The van der Waals surface area contributed by atoms with Gasteiger partial charge in [0, 0.05) is 23.1 Å². The van der Waals surface area contributed by atoms with Crippen LogP contribution < -0.4 is 26.4 Å². The molecule has 0 unspecified atom stereocenters. The van der Waals surface area contributed by atoms with Crippen LogP contribution in [0.1, 0.15) is 16.1 Å². The maximum Gasteiger partial charge on any atom is 0.477 e. The fourth-order valence-electron chi connectivity index (χ4n) is 7.41. The summed E-state index contributed by atoms with van der Waals surface area (Å²) in [4.78, 5) is 12.3. The highest BCUT2D eigenvalue weighted by molar-refractivity contribution is 7.20. The number of pyridine rings is 1. The number of benzene rings is 6. The van der Waals surface area contributed by atoms with Crippen molar-refractivity contribution in [2.24, 2.45) is 0 Å². The monoisotopic (exact) mass is 995 g/mol. The van der Waals surface area contributed by atoms with Gasteiger partial charge in [-0.05, 0) is 12.1 Å². The Morgan fingerprint density at radius 2 is 0.647 bits per heavy atom. The first-order valence-corrected chi connectivity index (χ1v) is 18.0. The van der Waals surface area contributed by atoms with Crippen LogP contribution in [0.2, 0.25) is 0 Å². The molecule has 68 heavy (non-hydrogen) atoms. The Hall–Kier alpha value is -7.15. The summed E-state index contributed by atoms with van der Waals surface area (Å²) < 4.78 is 335. The van der Waals surface area contributed by atoms with Gasteiger partial charge in [0.25, 0.3) is 5.69 Å². The van der Waals surface area contributed by atoms with Crippen molar-refractivity contribution < 1.29 is 110 Å². The van der Waals surface area contributed by atoms with Gasteiger partial charge in [0.1, 0.15) is 52.7 Å². The van der Waals surface area contributed by atoms with Crippen LogP contribution in [0.25, 0.3) is 10.9 Å². The number of hydrogen-bond donors (Lipinski definition) is 0. The summed E-state index contributed by atoms with van der Waals surface area (Å²) in [7, 11) is 0. The molecule has 1 aromatic heterocycles. The van der Waals surface area contributed by atoms with Crippen LogP contribution in [-0.4, -0.2) is 11.9 Å². The summed E-state index contributed by atoms with van der Waals surface area (Å²) in [5, 5.41) is 0.654. The van der Waals surface area contributed by atoms with E-state index in [2.05, 4.69) is 0 Å². The van der Waals surface area contributed by atoms with Crippen LogP contribution in [0.3, 0.4) is 0 Å². The lowest BCUT2D eigenvalue weighted by molar-refractivity contribution is -0.677. The number of halogens is 23. The molecule has 0 atom stereocenters. The number of aromatic nitrogens is 1. The van der Waals surface area contributed by atoms with E-state index < -0.39 is 156 Å². The predicted octanol–water partition coefficient (Wildman–Crippen LogP) is 9.87. The SMILES string of the molecule is Fc1c(F)c(F)c([B-](c2c(F)c(F)c(F)c(F)c2F)(c2c(F)c(F)c(F)c(F)c2F)c2c(F)c(F)c(F)c(F)c2F)c(F)c1F.O=C(C[n+]1c(C(F)(F)F)ccc2ccccc21)c1ccccc1. The number of fused-ring (bicyclic) bond motifs is 1. The van der Waals surface area contributed by atoms with E-state index in [0.29, 0.717) is 16.5 Å². The maximum absolute atomic E-state index is 15.4. The second-order valence-corrected chi connectivity index (χ2v) is 14.0. The van der Waals surface area contributed by atoms with Gasteiger partial charge in [0.2, 0.25) is 17.8 Å². The van der Waals surface area contributed by atoms with Crippen molar-refractivity contribution >= 4 is 44.7 Å². The van der Waals surface area contributed by atoms with Crippen molar-refractivity contribution in [3.8, 4) is 0 Å². The van der Waals surface area contributed by atoms with Gasteiger partial charge in [0.05, 0.1) is 0 Å². The second-order valence-electron chi connectivity index (χ2n) is 14.0. The maximum atomic E-state index is 15.4. The van der Waals surface area contributed by atoms with Crippen molar-refractivity contribution in [3.63, 3.8) is 0 Å². The van der Waals surface area contributed by atoms with Gasteiger partial charge >= 0.3 is 6.18 Å². The van der Waals surface area contributed by atoms with Crippen molar-refractivity contribution in [2.45, 2.75) is 12.7 Å². The minimum absolute atomic E-state index is 0.361. The van der Waals surface area contributed by atoms with Gasteiger partial charge < -0.3 is 0 Å². The smallest absolute Gasteiger partial charge is 0.287 e. The van der Waals surface area contributed by atoms with Gasteiger partial charge in [-0.25, -0.2) is 87.8 Å². The number of hydrogen-bond acceptors (Lipinski definition) is 1. The molecule has 0 aliphatic heterocycles. The first-order valence-electron chi connectivity index (χ1n) is 18.0. The van der Waals surface area contributed by atoms with Gasteiger partial charge in [0.15, 0.2) is 69.8 Å². The average Bonchev–Trinajstić information content (AvgIpc) is 3.31. The van der Waals surface area contributed by atoms with Crippen LogP contribution in [0.4, 0.5) is 101 Å². The highest BCUT2D eigenvalue weighted by Crippen LogP contribution is 2.32. The quantitative estimate of drug-likeness (QED) is 0.0390. The highest BCUT2D eigenvalue weighted by Gasteiger charge is 2.52. The molecule has 1 heterocycles. The molecule has 0 N–H and O–H groups in total. The second kappa shape index (κ2) is 18.2. The summed E-state index contributed by atoms with van der Waals surface area (Å²) in [5.41, 5.74) is -14.4. The molecular weight excluding hydrogens is 982 g/mol. The minimum Gasteiger partial charge on any atom is -0.287 e. The number of alkyl halides is 3. The molecule has 356 valence electrons. The molecule has 0 spiro atoms. The van der Waals surface area contributed by atoms with Crippen molar-refractivity contribution in [1.29, 1.82) is 0 Å². The number of nitrogens with zero attached hydrogens (tertiary/aromatic N) is 1. The molecule has 0 fully saturated rings. The number of para-hydroxylation sites is 1. The van der Waals surface area contributed by atoms with E-state index in [0.717, 1.165) is 10.6 Å². The predicted molar refractivity (Wildman–Crippen MR) is 189 cm³/mol. The van der Waals surface area contributed by atoms with E-state index in [-0.39, 0.29) is 12.3 Å². The van der Waals surface area contributed by atoms with E-state index in [4.69, 9.17) is 0 Å². The molecular formula is C42H13BF23NO. The zero-order chi connectivity index (χ0) is 50.8. The normalized spacial score (nSPS) is 11.9. The Morgan fingerprint density at radius 3 is 0.956 bits per heavy atom. The molecule has 7 aromatic rings. The van der Waals surface area contributed by atoms with Crippen molar-refractivity contribution in [1.82, 2.24) is 0 Å². The molecule has 0 saturated carbocycles. The highest BCUT2D eigenvalue weighted by atomic mass is 19.4. The topological polar surface area (TPSA) is 20.9 Å². The van der Waals surface area contributed by atoms with Crippen LogP contribution in [-0.2, 0) is 12.7 Å². The summed E-state index contributed by atoms with van der Waals surface area (Å²) >= 11 is 0. The van der Waals surface area contributed by atoms with Gasteiger partial charge in [-0.1, -0.05) is 42.5 Å². The van der Waals surface area contributed by atoms with E-state index in [9.17, 15) is 70.7 Å². The number of ketones is 1. The first kappa shape index (κ1) is 50.3. The summed E-state index contributed by atoms with van der Waals surface area (Å²) in [6.07, 6.45) is -11.7. The molecule has 6 aromatic carbocycles. The zero-order valence-corrected chi connectivity index (χ0v) is 32.2. The van der Waals surface area contributed by atoms with Crippen molar-refractivity contribution in [3.05, 3.63) is 194 Å². The van der Waals surface area contributed by atoms with Crippen LogP contribution >= 0.6 is 0 Å². The summed E-state index contributed by atoms with van der Waals surface area (Å²) in [6, 6.07) is 17.5. The molecule has 0 aliphatic rings. The largest absolute Gasteiger partial charge is 0.477 e. The molecule has 0 radical (unpaired) electrons. The summed E-state index contributed by atoms with van der Waals surface area (Å²) in [5.74, 6) is -71.8. The van der Waals surface area contributed by atoms with Gasteiger partial charge in [-0.3, -0.25) is 4.79 Å². The number of carbonyl (C=O) groups excluding carboxylic acids is 1. The lowest BCUT2D eigenvalue weighted by Gasteiger charge is -2.44. The number of carbonyl (C=O) groups is 1. The molecule has 2 nitrogen and oxygen atoms in total. The third-order valence-electron chi connectivity index (χ3n) is 10.3. The standard InChI is InChI=1S/C24BF20.C18H13F3NO/c26-5-1(6(27)14(35)21(42)13(5)34)25(2-7(28)15(36)22(43)16(37)8(2)29,3-9(30)17(38)23(44)18(39)10(3)31)4-11(32)19(40)24(45)20(41)12(4)33;19-18(20,21)17-11-10-13-6-4-5-9-15(13)22(17)12-16(23)14-7-2-1-3-8-14/h;1-11H,12H2/q-1;+1. The lowest BCUT2D eigenvalue weighted by atomic mass is 9.12. The van der Waals surface area contributed by atoms with E-state index in [1.54, 1.807) is 54.6 Å². The molecule has 26 heteroatoms. The zero-order valence-electron chi connectivity index (χ0n) is 32.2. The fraction of sp³-hybridized carbons (Fsp3) is 0.0476. The lowest BCUT2D eigenvalue weighted by Crippen LogP contribution is -2.81. The van der Waals surface area contributed by atoms with Crippen LogP contribution in [0.5, 0.6) is 0 Å². The Balaban J connectivity index is 0.000000276. The molecule has 0 bridgehead atoms. The van der Waals surface area contributed by atoms with Crippen LogP contribution in [0, 0.1) is 116 Å². The number of rotatable bonds is 7. The molecule has 0 amide bonds. The van der Waals surface area contributed by atoms with Gasteiger partial charge in [-0.2, -0.15) is 17.7 Å². The van der Waals surface area contributed by atoms with Gasteiger partial charge in [-0.15, -0.1) is 21.9 Å². The number of Topliss-reactive ketones (excluding diaryl/α,β-unsaturated/α-hetero) is 1. The Kier molecular flexibility index (Phi) is 13.4. The van der Waals surface area contributed by atoms with E-state index >= 15 is 35.1 Å². The first-order chi connectivity index (χ1) is 31.7. The van der Waals surface area contributed by atoms with Crippen LogP contribution in [0.15, 0.2) is 66.7 Å². The Bertz CT molecular complexity index is 2830. The molecule has 0 saturated heterocycles. The third-order valence-corrected chi connectivity index (χ3v) is 10.3. The Labute approximate surface area is 362 Å². The summed E-state index contributed by atoms with van der Waals surface area (Å²) in [6.45, 7) is -0.361. The average molecular weight is 995 g/mol. The Morgan fingerprint density at radius 1 is 0.368 bits per heavy atom. The third kappa shape index (κ3) is 7.81. The fourth-order valence-corrected chi connectivity index (χ4v) is 7.41. The molecule has 7 rings (SSSR count). The minimum atomic E-state index is -7.22. The van der Waals surface area contributed by atoms with Crippen molar-refractivity contribution in [2.75, 3.05) is 0 Å². The van der Waals surface area contributed by atoms with E-state index in [1.807, 2.05) is 0 Å².